The number of hydrogen-bond acceptors (Lipinski definition) is 2. The first-order valence-electron chi connectivity index (χ1n) is 5.87. The van der Waals surface area contributed by atoms with Gasteiger partial charge in [0.2, 0.25) is 0 Å². The van der Waals surface area contributed by atoms with Gasteiger partial charge in [-0.1, -0.05) is 0 Å². The molecular weight excluding hydrogens is 204 g/mol. The normalized spacial score (nSPS) is 20.6. The summed E-state index contributed by atoms with van der Waals surface area (Å²) < 4.78 is 1.97. The van der Waals surface area contributed by atoms with Crippen LogP contribution in [0.25, 0.3) is 0 Å². The average molecular weight is 222 g/mol. The number of nitrogens with zero attached hydrogens (tertiary/aromatic N) is 2. The summed E-state index contributed by atoms with van der Waals surface area (Å²) in [5.74, 6) is -0.917. The zero-order valence-electron chi connectivity index (χ0n) is 9.81. The van der Waals surface area contributed by atoms with Crippen molar-refractivity contribution in [3.8, 4) is 0 Å². The Hall–Kier alpha value is -1.32. The summed E-state index contributed by atoms with van der Waals surface area (Å²) in [5, 5.41) is 13.5. The summed E-state index contributed by atoms with van der Waals surface area (Å²) in [7, 11) is 0. The van der Waals surface area contributed by atoms with Crippen LogP contribution in [0.4, 0.5) is 0 Å². The van der Waals surface area contributed by atoms with E-state index in [0.29, 0.717) is 12.5 Å². The molecule has 0 saturated carbocycles. The first-order chi connectivity index (χ1) is 7.59. The van der Waals surface area contributed by atoms with E-state index in [1.54, 1.807) is 0 Å². The molecule has 1 aromatic heterocycles. The van der Waals surface area contributed by atoms with Gasteiger partial charge in [0.05, 0.1) is 12.1 Å². The molecule has 0 amide bonds. The van der Waals surface area contributed by atoms with Crippen LogP contribution in [0, 0.1) is 5.92 Å². The van der Waals surface area contributed by atoms with Gasteiger partial charge >= 0.3 is 5.97 Å². The lowest BCUT2D eigenvalue weighted by atomic mass is 10.0. The molecule has 0 unspecified atom stereocenters. The van der Waals surface area contributed by atoms with Crippen molar-refractivity contribution in [3.05, 3.63) is 17.5 Å². The topological polar surface area (TPSA) is 55.1 Å². The molecule has 0 aromatic carbocycles. The fraction of sp³-hybridized carbons (Fsp3) is 0.667. The minimum absolute atomic E-state index is 0.240. The van der Waals surface area contributed by atoms with Crippen LogP contribution in [0.1, 0.15) is 44.0 Å². The summed E-state index contributed by atoms with van der Waals surface area (Å²) in [6, 6.07) is 0.302. The Kier molecular flexibility index (Phi) is 2.99. The van der Waals surface area contributed by atoms with Crippen molar-refractivity contribution in [2.45, 2.75) is 45.6 Å². The highest BCUT2D eigenvalue weighted by Gasteiger charge is 2.25. The molecule has 2 rings (SSSR count). The SMILES string of the molecule is CC(C)n1ncc2c1C[C@H](C(=O)O)CCC2. The van der Waals surface area contributed by atoms with E-state index in [1.807, 2.05) is 10.9 Å². The Morgan fingerprint density at radius 1 is 1.62 bits per heavy atom. The minimum atomic E-state index is -0.677. The van der Waals surface area contributed by atoms with E-state index in [-0.39, 0.29) is 5.92 Å². The zero-order valence-corrected chi connectivity index (χ0v) is 9.81. The Balaban J connectivity index is 2.32. The van der Waals surface area contributed by atoms with Gasteiger partial charge in [-0.2, -0.15) is 5.10 Å². The van der Waals surface area contributed by atoms with Crippen LogP contribution >= 0.6 is 0 Å². The fourth-order valence-electron chi connectivity index (χ4n) is 2.39. The number of rotatable bonds is 2. The van der Waals surface area contributed by atoms with Crippen LogP contribution in [-0.4, -0.2) is 20.9 Å². The smallest absolute Gasteiger partial charge is 0.306 e. The van der Waals surface area contributed by atoms with E-state index in [0.717, 1.165) is 25.0 Å². The van der Waals surface area contributed by atoms with Crippen LogP contribution in [0.3, 0.4) is 0 Å². The molecule has 1 aliphatic rings. The van der Waals surface area contributed by atoms with Crippen molar-refractivity contribution >= 4 is 5.97 Å². The second kappa shape index (κ2) is 4.28. The number of carbonyl (C=O) groups is 1. The number of carboxylic acids is 1. The van der Waals surface area contributed by atoms with E-state index < -0.39 is 5.97 Å². The third-order valence-corrected chi connectivity index (χ3v) is 3.26. The van der Waals surface area contributed by atoms with E-state index >= 15 is 0 Å². The van der Waals surface area contributed by atoms with E-state index in [4.69, 9.17) is 5.11 Å². The maximum absolute atomic E-state index is 11.1. The third kappa shape index (κ3) is 1.96. The lowest BCUT2D eigenvalue weighted by Crippen LogP contribution is -2.18. The molecular formula is C12H18N2O2. The second-order valence-corrected chi connectivity index (χ2v) is 4.79. The number of carboxylic acid groups (broad SMARTS) is 1. The molecule has 16 heavy (non-hydrogen) atoms. The average Bonchev–Trinajstić information content (AvgIpc) is 2.48. The molecule has 0 fully saturated rings. The summed E-state index contributed by atoms with van der Waals surface area (Å²) >= 11 is 0. The molecule has 1 aliphatic carbocycles. The molecule has 1 heterocycles. The van der Waals surface area contributed by atoms with Crippen LogP contribution in [0.5, 0.6) is 0 Å². The summed E-state index contributed by atoms with van der Waals surface area (Å²) in [6.45, 7) is 4.15. The van der Waals surface area contributed by atoms with E-state index in [2.05, 4.69) is 18.9 Å². The molecule has 1 N–H and O–H groups in total. The number of aliphatic carboxylic acids is 1. The highest BCUT2D eigenvalue weighted by atomic mass is 16.4. The first-order valence-corrected chi connectivity index (χ1v) is 5.87. The lowest BCUT2D eigenvalue weighted by Gasteiger charge is -2.14. The van der Waals surface area contributed by atoms with Gasteiger partial charge in [-0.05, 0) is 38.7 Å². The molecule has 1 aromatic rings. The number of aryl methyl sites for hydroxylation is 1. The van der Waals surface area contributed by atoms with Crippen LogP contribution in [0.15, 0.2) is 6.20 Å². The molecule has 1 atom stereocenters. The highest BCUT2D eigenvalue weighted by molar-refractivity contribution is 5.70. The summed E-state index contributed by atoms with van der Waals surface area (Å²) in [5.41, 5.74) is 2.36. The Morgan fingerprint density at radius 3 is 3.00 bits per heavy atom. The Labute approximate surface area is 95.3 Å². The third-order valence-electron chi connectivity index (χ3n) is 3.26. The van der Waals surface area contributed by atoms with Gasteiger partial charge in [0.1, 0.15) is 0 Å². The number of fused-ring (bicyclic) bond motifs is 1. The van der Waals surface area contributed by atoms with Crippen molar-refractivity contribution in [3.63, 3.8) is 0 Å². The largest absolute Gasteiger partial charge is 0.481 e. The monoisotopic (exact) mass is 222 g/mol. The Morgan fingerprint density at radius 2 is 2.38 bits per heavy atom. The Bertz CT molecular complexity index is 396. The second-order valence-electron chi connectivity index (χ2n) is 4.79. The van der Waals surface area contributed by atoms with Gasteiger partial charge in [0.15, 0.2) is 0 Å². The predicted molar refractivity (Wildman–Crippen MR) is 60.4 cm³/mol. The van der Waals surface area contributed by atoms with Crippen LogP contribution in [0.2, 0.25) is 0 Å². The number of hydrogen-bond donors (Lipinski definition) is 1. The van der Waals surface area contributed by atoms with Gasteiger partial charge in [-0.25, -0.2) is 0 Å². The van der Waals surface area contributed by atoms with Crippen molar-refractivity contribution in [1.82, 2.24) is 9.78 Å². The minimum Gasteiger partial charge on any atom is -0.481 e. The van der Waals surface area contributed by atoms with Gasteiger partial charge in [-0.15, -0.1) is 0 Å². The first kappa shape index (κ1) is 11.2. The fourth-order valence-corrected chi connectivity index (χ4v) is 2.39. The summed E-state index contributed by atoms with van der Waals surface area (Å²) in [4.78, 5) is 11.1. The maximum atomic E-state index is 11.1. The molecule has 88 valence electrons. The molecule has 4 nitrogen and oxygen atoms in total. The molecule has 0 spiro atoms. The van der Waals surface area contributed by atoms with Gasteiger partial charge in [-0.3, -0.25) is 9.48 Å². The van der Waals surface area contributed by atoms with Crippen molar-refractivity contribution in [1.29, 1.82) is 0 Å². The quantitative estimate of drug-likeness (QED) is 0.779. The molecule has 4 heteroatoms. The molecule has 0 saturated heterocycles. The van der Waals surface area contributed by atoms with Gasteiger partial charge < -0.3 is 5.11 Å². The number of aromatic nitrogens is 2. The standard InChI is InChI=1S/C12H18N2O2/c1-8(2)14-11-6-9(12(15)16)4-3-5-10(11)7-13-14/h7-9H,3-6H2,1-2H3,(H,15,16)/t9-/m1/s1. The van der Waals surface area contributed by atoms with E-state index in [1.165, 1.54) is 5.56 Å². The lowest BCUT2D eigenvalue weighted by molar-refractivity contribution is -0.141. The molecule has 0 bridgehead atoms. The van der Waals surface area contributed by atoms with E-state index in [9.17, 15) is 4.79 Å². The van der Waals surface area contributed by atoms with Crippen LogP contribution < -0.4 is 0 Å². The van der Waals surface area contributed by atoms with Gasteiger partial charge in [0, 0.05) is 18.2 Å². The van der Waals surface area contributed by atoms with Crippen molar-refractivity contribution in [2.24, 2.45) is 5.92 Å². The van der Waals surface area contributed by atoms with Crippen molar-refractivity contribution in [2.75, 3.05) is 0 Å². The summed E-state index contributed by atoms with van der Waals surface area (Å²) in [6.07, 6.45) is 5.23. The zero-order chi connectivity index (χ0) is 11.7. The maximum Gasteiger partial charge on any atom is 0.306 e. The van der Waals surface area contributed by atoms with Crippen LogP contribution in [-0.2, 0) is 17.6 Å². The predicted octanol–water partition coefficient (Wildman–Crippen LogP) is 2.04. The van der Waals surface area contributed by atoms with Crippen molar-refractivity contribution < 1.29 is 9.90 Å². The highest BCUT2D eigenvalue weighted by Crippen LogP contribution is 2.26. The molecule has 0 aliphatic heterocycles. The molecule has 0 radical (unpaired) electrons. The van der Waals surface area contributed by atoms with Gasteiger partial charge in [0.25, 0.3) is 0 Å².